The fourth-order valence-electron chi connectivity index (χ4n) is 4.21. The molecule has 1 aromatic heterocycles. The maximum absolute atomic E-state index is 13.0. The number of carbonyl (C=O) groups excluding carboxylic acids is 2. The molecule has 1 saturated carbocycles. The number of carbonyl (C=O) groups is 2. The van der Waals surface area contributed by atoms with Crippen LogP contribution in [-0.4, -0.2) is 45.8 Å². The number of hydrogen-bond donors (Lipinski definition) is 2. The van der Waals surface area contributed by atoms with E-state index in [1.165, 1.54) is 6.42 Å². The number of aryl methyl sites for hydroxylation is 1. The highest BCUT2D eigenvalue weighted by molar-refractivity contribution is 5.94. The Kier molecular flexibility index (Phi) is 8.16. The van der Waals surface area contributed by atoms with Crippen LogP contribution in [0.5, 0.6) is 0 Å². The molecule has 0 saturated heterocycles. The summed E-state index contributed by atoms with van der Waals surface area (Å²) in [5.74, 6) is 0.390. The quantitative estimate of drug-likeness (QED) is 0.607. The molecule has 1 aliphatic rings. The lowest BCUT2D eigenvalue weighted by atomic mass is 9.92. The van der Waals surface area contributed by atoms with E-state index < -0.39 is 0 Å². The van der Waals surface area contributed by atoms with E-state index >= 15 is 0 Å². The van der Waals surface area contributed by atoms with Gasteiger partial charge in [-0.15, -0.1) is 0 Å². The number of urea groups is 1. The molecule has 7 heteroatoms. The van der Waals surface area contributed by atoms with Gasteiger partial charge in [-0.25, -0.2) is 9.48 Å². The van der Waals surface area contributed by atoms with Gasteiger partial charge in [0.15, 0.2) is 0 Å². The number of amides is 3. The molecule has 0 spiro atoms. The molecule has 1 aliphatic carbocycles. The molecular formula is C26H39N5O2. The van der Waals surface area contributed by atoms with Gasteiger partial charge in [0.05, 0.1) is 11.4 Å². The van der Waals surface area contributed by atoms with Crippen LogP contribution in [0, 0.1) is 6.92 Å². The highest BCUT2D eigenvalue weighted by Gasteiger charge is 2.24. The van der Waals surface area contributed by atoms with Crippen molar-refractivity contribution in [3.05, 3.63) is 41.6 Å². The molecule has 3 rings (SSSR count). The summed E-state index contributed by atoms with van der Waals surface area (Å²) < 4.78 is 1.79. The third kappa shape index (κ3) is 6.59. The fourth-order valence-corrected chi connectivity index (χ4v) is 4.21. The molecule has 1 aromatic carbocycles. The summed E-state index contributed by atoms with van der Waals surface area (Å²) in [5, 5.41) is 10.9. The predicted octanol–water partition coefficient (Wildman–Crippen LogP) is 5.17. The minimum atomic E-state index is -0.225. The zero-order chi connectivity index (χ0) is 24.0. The summed E-state index contributed by atoms with van der Waals surface area (Å²) in [6.07, 6.45) is 6.36. The lowest BCUT2D eigenvalue weighted by Crippen LogP contribution is -2.48. The molecule has 0 unspecified atom stereocenters. The standard InChI is InChI=1S/C26H39N5O2/c1-6-16-30(25(33)27-20-13-8-7-9-14-20)18-24(32)28-23-17-22(26(3,4)5)29-31(23)21-15-11-10-12-19(21)2/h10-12,15,17,20H,6-9,13-14,16,18H2,1-5H3,(H,27,33)(H,28,32). The first-order valence-electron chi connectivity index (χ1n) is 12.2. The Labute approximate surface area is 197 Å². The van der Waals surface area contributed by atoms with Crippen molar-refractivity contribution in [2.24, 2.45) is 0 Å². The van der Waals surface area contributed by atoms with Gasteiger partial charge in [-0.3, -0.25) is 4.79 Å². The van der Waals surface area contributed by atoms with Crippen LogP contribution in [0.3, 0.4) is 0 Å². The van der Waals surface area contributed by atoms with Gasteiger partial charge < -0.3 is 15.5 Å². The molecule has 180 valence electrons. The monoisotopic (exact) mass is 453 g/mol. The van der Waals surface area contributed by atoms with Gasteiger partial charge in [-0.2, -0.15) is 5.10 Å². The molecule has 0 aliphatic heterocycles. The maximum atomic E-state index is 13.0. The van der Waals surface area contributed by atoms with Crippen LogP contribution in [0.1, 0.15) is 77.5 Å². The number of hydrogen-bond acceptors (Lipinski definition) is 3. The predicted molar refractivity (Wildman–Crippen MR) is 133 cm³/mol. The minimum absolute atomic E-state index is 0.0101. The van der Waals surface area contributed by atoms with Gasteiger partial charge in [0.2, 0.25) is 5.91 Å². The van der Waals surface area contributed by atoms with Gasteiger partial charge in [0, 0.05) is 24.1 Å². The Balaban J connectivity index is 1.76. The number of aromatic nitrogens is 2. The normalized spacial score (nSPS) is 14.7. The minimum Gasteiger partial charge on any atom is -0.335 e. The first kappa shape index (κ1) is 24.8. The molecule has 2 N–H and O–H groups in total. The van der Waals surface area contributed by atoms with Crippen molar-refractivity contribution in [1.82, 2.24) is 20.0 Å². The molecule has 3 amide bonds. The number of para-hydroxylation sites is 1. The van der Waals surface area contributed by atoms with Crippen molar-refractivity contribution < 1.29 is 9.59 Å². The van der Waals surface area contributed by atoms with E-state index in [-0.39, 0.29) is 29.9 Å². The van der Waals surface area contributed by atoms with Gasteiger partial charge in [-0.1, -0.05) is 65.2 Å². The van der Waals surface area contributed by atoms with Crippen LogP contribution in [0.15, 0.2) is 30.3 Å². The average Bonchev–Trinajstić information content (AvgIpc) is 3.18. The first-order valence-corrected chi connectivity index (χ1v) is 12.2. The second-order valence-corrected chi connectivity index (χ2v) is 10.1. The fraction of sp³-hybridized carbons (Fsp3) is 0.577. The third-order valence-corrected chi connectivity index (χ3v) is 6.14. The molecule has 2 aromatic rings. The number of nitrogens with zero attached hydrogens (tertiary/aromatic N) is 3. The Morgan fingerprint density at radius 2 is 1.85 bits per heavy atom. The Hall–Kier alpha value is -2.83. The summed E-state index contributed by atoms with van der Waals surface area (Å²) in [6, 6.07) is 9.95. The summed E-state index contributed by atoms with van der Waals surface area (Å²) in [4.78, 5) is 27.5. The lowest BCUT2D eigenvalue weighted by Gasteiger charge is -2.28. The van der Waals surface area contributed by atoms with Crippen LogP contribution < -0.4 is 10.6 Å². The second kappa shape index (κ2) is 10.9. The highest BCUT2D eigenvalue weighted by Crippen LogP contribution is 2.27. The molecule has 7 nitrogen and oxygen atoms in total. The molecular weight excluding hydrogens is 414 g/mol. The zero-order valence-corrected chi connectivity index (χ0v) is 20.8. The van der Waals surface area contributed by atoms with E-state index in [9.17, 15) is 9.59 Å². The topological polar surface area (TPSA) is 79.3 Å². The van der Waals surface area contributed by atoms with E-state index in [2.05, 4.69) is 31.4 Å². The first-order chi connectivity index (χ1) is 15.7. The number of benzene rings is 1. The number of nitrogens with one attached hydrogen (secondary N) is 2. The number of rotatable bonds is 7. The molecule has 0 atom stereocenters. The van der Waals surface area contributed by atoms with E-state index in [4.69, 9.17) is 5.10 Å². The maximum Gasteiger partial charge on any atom is 0.318 e. The van der Waals surface area contributed by atoms with Gasteiger partial charge in [0.1, 0.15) is 12.4 Å². The van der Waals surface area contributed by atoms with Crippen LogP contribution >= 0.6 is 0 Å². The van der Waals surface area contributed by atoms with Crippen molar-refractivity contribution in [2.75, 3.05) is 18.4 Å². The molecule has 0 bridgehead atoms. The Bertz CT molecular complexity index is 954. The Morgan fingerprint density at radius 1 is 1.15 bits per heavy atom. The van der Waals surface area contributed by atoms with Gasteiger partial charge in [-0.05, 0) is 37.8 Å². The van der Waals surface area contributed by atoms with Crippen molar-refractivity contribution >= 4 is 17.8 Å². The molecule has 1 heterocycles. The van der Waals surface area contributed by atoms with Crippen molar-refractivity contribution in [1.29, 1.82) is 0 Å². The van der Waals surface area contributed by atoms with E-state index in [1.807, 2.05) is 44.2 Å². The van der Waals surface area contributed by atoms with Crippen molar-refractivity contribution in [3.8, 4) is 5.69 Å². The summed E-state index contributed by atoms with van der Waals surface area (Å²) in [7, 11) is 0. The summed E-state index contributed by atoms with van der Waals surface area (Å²) >= 11 is 0. The molecule has 1 fully saturated rings. The lowest BCUT2D eigenvalue weighted by molar-refractivity contribution is -0.116. The van der Waals surface area contributed by atoms with Crippen LogP contribution in [0.25, 0.3) is 5.69 Å². The molecule has 0 radical (unpaired) electrons. The van der Waals surface area contributed by atoms with Crippen molar-refractivity contribution in [3.63, 3.8) is 0 Å². The van der Waals surface area contributed by atoms with Crippen LogP contribution in [-0.2, 0) is 10.2 Å². The SMILES string of the molecule is CCCN(CC(=O)Nc1cc(C(C)(C)C)nn1-c1ccccc1C)C(=O)NC1CCCCC1. The largest absolute Gasteiger partial charge is 0.335 e. The summed E-state index contributed by atoms with van der Waals surface area (Å²) in [6.45, 7) is 10.9. The molecule has 33 heavy (non-hydrogen) atoms. The van der Waals surface area contributed by atoms with Gasteiger partial charge >= 0.3 is 6.03 Å². The second-order valence-electron chi connectivity index (χ2n) is 10.1. The Morgan fingerprint density at radius 3 is 2.48 bits per heavy atom. The summed E-state index contributed by atoms with van der Waals surface area (Å²) in [5.41, 5.74) is 2.71. The highest BCUT2D eigenvalue weighted by atomic mass is 16.2. The van der Waals surface area contributed by atoms with E-state index in [0.29, 0.717) is 12.4 Å². The van der Waals surface area contributed by atoms with E-state index in [1.54, 1.807) is 9.58 Å². The zero-order valence-electron chi connectivity index (χ0n) is 20.8. The van der Waals surface area contributed by atoms with Gasteiger partial charge in [0.25, 0.3) is 0 Å². The van der Waals surface area contributed by atoms with Crippen molar-refractivity contribution in [2.45, 2.75) is 84.6 Å². The number of anilines is 1. The van der Waals surface area contributed by atoms with E-state index in [0.717, 1.165) is 49.0 Å². The third-order valence-electron chi connectivity index (χ3n) is 6.14. The van der Waals surface area contributed by atoms with Crippen LogP contribution in [0.2, 0.25) is 0 Å². The average molecular weight is 454 g/mol. The smallest absolute Gasteiger partial charge is 0.318 e. The van der Waals surface area contributed by atoms with Crippen LogP contribution in [0.4, 0.5) is 10.6 Å².